The molecule has 0 radical (unpaired) electrons. The van der Waals surface area contributed by atoms with Crippen molar-refractivity contribution in [3.63, 3.8) is 0 Å². The van der Waals surface area contributed by atoms with Crippen molar-refractivity contribution in [1.29, 1.82) is 0 Å². The molecule has 132 valence electrons. The summed E-state index contributed by atoms with van der Waals surface area (Å²) in [5.41, 5.74) is 2.96. The molecule has 1 unspecified atom stereocenters. The predicted octanol–water partition coefficient (Wildman–Crippen LogP) is 4.44. The second-order valence-electron chi connectivity index (χ2n) is 6.40. The lowest BCUT2D eigenvalue weighted by Crippen LogP contribution is -2.36. The maximum atomic E-state index is 5.91. The van der Waals surface area contributed by atoms with E-state index in [0.29, 0.717) is 6.61 Å². The Labute approximate surface area is 154 Å². The lowest BCUT2D eigenvalue weighted by molar-refractivity contribution is 0.323. The van der Waals surface area contributed by atoms with Gasteiger partial charge >= 0.3 is 0 Å². The average Bonchev–Trinajstić information content (AvgIpc) is 3.55. The van der Waals surface area contributed by atoms with E-state index >= 15 is 0 Å². The minimum absolute atomic E-state index is 0.0494. The first-order valence-electron chi connectivity index (χ1n) is 8.76. The monoisotopic (exact) mass is 346 g/mol. The van der Waals surface area contributed by atoms with E-state index in [0.717, 1.165) is 17.1 Å². The largest absolute Gasteiger partial charge is 0.493 e. The summed E-state index contributed by atoms with van der Waals surface area (Å²) < 4.78 is 17.3. The SMILES string of the molecule is COc1cccc(C(c2ccccc2)(c2ccccc2)C2CO2)c1OC. The van der Waals surface area contributed by atoms with Gasteiger partial charge in [-0.2, -0.15) is 0 Å². The highest BCUT2D eigenvalue weighted by Crippen LogP contribution is 2.52. The summed E-state index contributed by atoms with van der Waals surface area (Å²) in [6.07, 6.45) is 0.0494. The van der Waals surface area contributed by atoms with Gasteiger partial charge in [0, 0.05) is 5.56 Å². The van der Waals surface area contributed by atoms with E-state index in [-0.39, 0.29) is 6.10 Å². The van der Waals surface area contributed by atoms with E-state index in [1.54, 1.807) is 14.2 Å². The van der Waals surface area contributed by atoms with Crippen LogP contribution in [0.25, 0.3) is 0 Å². The number of methoxy groups -OCH3 is 2. The Balaban J connectivity index is 2.07. The first-order valence-corrected chi connectivity index (χ1v) is 8.76. The minimum atomic E-state index is -0.456. The number of epoxide rings is 1. The minimum Gasteiger partial charge on any atom is -0.493 e. The second-order valence-corrected chi connectivity index (χ2v) is 6.40. The summed E-state index contributed by atoms with van der Waals surface area (Å²) in [5.74, 6) is 1.47. The smallest absolute Gasteiger partial charge is 0.165 e. The highest BCUT2D eigenvalue weighted by Gasteiger charge is 2.52. The summed E-state index contributed by atoms with van der Waals surface area (Å²) in [6.45, 7) is 0.712. The lowest BCUT2D eigenvalue weighted by atomic mass is 9.67. The molecule has 3 heteroatoms. The van der Waals surface area contributed by atoms with Crippen molar-refractivity contribution in [3.8, 4) is 11.5 Å². The fraction of sp³-hybridized carbons (Fsp3) is 0.217. The molecule has 1 atom stereocenters. The van der Waals surface area contributed by atoms with Crippen LogP contribution in [0.1, 0.15) is 16.7 Å². The van der Waals surface area contributed by atoms with Crippen LogP contribution in [-0.2, 0) is 10.2 Å². The zero-order valence-corrected chi connectivity index (χ0v) is 15.0. The first-order chi connectivity index (χ1) is 12.8. The van der Waals surface area contributed by atoms with Crippen LogP contribution in [0.5, 0.6) is 11.5 Å². The van der Waals surface area contributed by atoms with E-state index in [9.17, 15) is 0 Å². The van der Waals surface area contributed by atoms with Crippen molar-refractivity contribution in [2.45, 2.75) is 11.5 Å². The molecule has 3 aromatic carbocycles. The summed E-state index contributed by atoms with van der Waals surface area (Å²) >= 11 is 0. The summed E-state index contributed by atoms with van der Waals surface area (Å²) in [5, 5.41) is 0. The van der Waals surface area contributed by atoms with Crippen molar-refractivity contribution in [2.24, 2.45) is 0 Å². The van der Waals surface area contributed by atoms with Crippen LogP contribution >= 0.6 is 0 Å². The molecule has 1 aliphatic heterocycles. The van der Waals surface area contributed by atoms with Crippen molar-refractivity contribution in [3.05, 3.63) is 95.6 Å². The molecule has 3 aromatic rings. The van der Waals surface area contributed by atoms with Gasteiger partial charge in [-0.1, -0.05) is 72.8 Å². The fourth-order valence-electron chi connectivity index (χ4n) is 3.92. The molecule has 1 heterocycles. The predicted molar refractivity (Wildman–Crippen MR) is 102 cm³/mol. The first kappa shape index (κ1) is 16.7. The molecule has 3 nitrogen and oxygen atoms in total. The van der Waals surface area contributed by atoms with Gasteiger partial charge in [-0.25, -0.2) is 0 Å². The normalized spacial score (nSPS) is 16.2. The Morgan fingerprint density at radius 2 is 1.35 bits per heavy atom. The van der Waals surface area contributed by atoms with Crippen molar-refractivity contribution < 1.29 is 14.2 Å². The molecular weight excluding hydrogens is 324 g/mol. The molecule has 1 saturated heterocycles. The zero-order chi connectivity index (χ0) is 18.0. The van der Waals surface area contributed by atoms with Crippen molar-refractivity contribution in [1.82, 2.24) is 0 Å². The van der Waals surface area contributed by atoms with E-state index in [1.807, 2.05) is 24.3 Å². The van der Waals surface area contributed by atoms with Crippen LogP contribution in [0.15, 0.2) is 78.9 Å². The van der Waals surface area contributed by atoms with Crippen LogP contribution in [0, 0.1) is 0 Å². The molecule has 0 N–H and O–H groups in total. The van der Waals surface area contributed by atoms with Crippen molar-refractivity contribution in [2.75, 3.05) is 20.8 Å². The second kappa shape index (κ2) is 6.85. The molecule has 4 rings (SSSR count). The number of para-hydroxylation sites is 1. The van der Waals surface area contributed by atoms with Gasteiger partial charge in [-0.15, -0.1) is 0 Å². The van der Waals surface area contributed by atoms with Gasteiger partial charge in [-0.05, 0) is 17.2 Å². The van der Waals surface area contributed by atoms with Crippen molar-refractivity contribution >= 4 is 0 Å². The molecule has 0 bridgehead atoms. The van der Waals surface area contributed by atoms with Gasteiger partial charge in [0.25, 0.3) is 0 Å². The highest BCUT2D eigenvalue weighted by atomic mass is 16.6. The molecule has 0 amide bonds. The molecule has 26 heavy (non-hydrogen) atoms. The van der Waals surface area contributed by atoms with E-state index < -0.39 is 5.41 Å². The van der Waals surface area contributed by atoms with E-state index in [4.69, 9.17) is 14.2 Å². The quantitative estimate of drug-likeness (QED) is 0.488. The topological polar surface area (TPSA) is 31.0 Å². The number of hydrogen-bond acceptors (Lipinski definition) is 3. The summed E-state index contributed by atoms with van der Waals surface area (Å²) in [6, 6.07) is 27.1. The van der Waals surface area contributed by atoms with Gasteiger partial charge in [0.2, 0.25) is 0 Å². The lowest BCUT2D eigenvalue weighted by Gasteiger charge is -2.36. The van der Waals surface area contributed by atoms with Crippen LogP contribution < -0.4 is 9.47 Å². The molecule has 0 saturated carbocycles. The Kier molecular flexibility index (Phi) is 4.39. The highest BCUT2D eigenvalue weighted by molar-refractivity contribution is 5.61. The molecule has 0 spiro atoms. The van der Waals surface area contributed by atoms with E-state index in [1.165, 1.54) is 11.1 Å². The number of benzene rings is 3. The van der Waals surface area contributed by atoms with Crippen LogP contribution in [0.3, 0.4) is 0 Å². The fourth-order valence-corrected chi connectivity index (χ4v) is 3.92. The van der Waals surface area contributed by atoms with Gasteiger partial charge in [0.15, 0.2) is 11.5 Å². The Morgan fingerprint density at radius 1 is 0.769 bits per heavy atom. The number of hydrogen-bond donors (Lipinski definition) is 0. The molecular formula is C23H22O3. The van der Waals surface area contributed by atoms with Crippen LogP contribution in [0.2, 0.25) is 0 Å². The average molecular weight is 346 g/mol. The summed E-state index contributed by atoms with van der Waals surface area (Å²) in [7, 11) is 3.36. The third-order valence-corrected chi connectivity index (χ3v) is 5.10. The third-order valence-electron chi connectivity index (χ3n) is 5.10. The maximum absolute atomic E-state index is 5.91. The van der Waals surface area contributed by atoms with Gasteiger partial charge < -0.3 is 14.2 Å². The molecule has 0 aromatic heterocycles. The van der Waals surface area contributed by atoms with Gasteiger partial charge in [0.1, 0.15) is 0 Å². The zero-order valence-electron chi connectivity index (χ0n) is 15.0. The van der Waals surface area contributed by atoms with Gasteiger partial charge in [-0.3, -0.25) is 0 Å². The summed E-state index contributed by atoms with van der Waals surface area (Å²) in [4.78, 5) is 0. The molecule has 1 aliphatic rings. The number of ether oxygens (including phenoxy) is 3. The van der Waals surface area contributed by atoms with E-state index in [2.05, 4.69) is 54.6 Å². The molecule has 0 aliphatic carbocycles. The number of rotatable bonds is 6. The third kappa shape index (κ3) is 2.56. The van der Waals surface area contributed by atoms with Crippen LogP contribution in [0.4, 0.5) is 0 Å². The van der Waals surface area contributed by atoms with Gasteiger partial charge in [0.05, 0.1) is 32.3 Å². The standard InChI is InChI=1S/C23H22O3/c1-24-20-15-9-14-19(22(20)25-2)23(21-16-26-21,17-10-5-3-6-11-17)18-12-7-4-8-13-18/h3-15,21H,16H2,1-2H3. The molecule has 1 fully saturated rings. The Hall–Kier alpha value is -2.78. The van der Waals surface area contributed by atoms with Crippen LogP contribution in [-0.4, -0.2) is 26.9 Å². The Bertz CT molecular complexity index is 831. The maximum Gasteiger partial charge on any atom is 0.165 e. The Morgan fingerprint density at radius 3 is 1.81 bits per heavy atom.